The van der Waals surface area contributed by atoms with Crippen LogP contribution in [-0.4, -0.2) is 27.1 Å². The zero-order valence-electron chi connectivity index (χ0n) is 12.0. The van der Waals surface area contributed by atoms with E-state index in [1.807, 2.05) is 30.5 Å². The summed E-state index contributed by atoms with van der Waals surface area (Å²) < 4.78 is 10.3. The van der Waals surface area contributed by atoms with Crippen molar-refractivity contribution < 1.29 is 9.00 Å². The van der Waals surface area contributed by atoms with Gasteiger partial charge in [-0.25, -0.2) is 0 Å². The minimum absolute atomic E-state index is 0.00981. The highest BCUT2D eigenvalue weighted by Crippen LogP contribution is 2.19. The smallest absolute Gasteiger partial charge is 0.261 e. The van der Waals surface area contributed by atoms with E-state index in [9.17, 15) is 13.8 Å². The number of fused-ring (bicyclic) bond motifs is 1. The molecule has 0 saturated heterocycles. The first-order chi connectivity index (χ1) is 10.5. The van der Waals surface area contributed by atoms with Gasteiger partial charge in [0, 0.05) is 27.0 Å². The van der Waals surface area contributed by atoms with Crippen molar-refractivity contribution >= 4 is 39.4 Å². The molecule has 0 fully saturated rings. The fourth-order valence-corrected chi connectivity index (χ4v) is 3.21. The van der Waals surface area contributed by atoms with Gasteiger partial charge in [-0.3, -0.25) is 13.8 Å². The number of aromatic amines is 1. The molecule has 116 valence electrons. The maximum Gasteiger partial charge on any atom is 0.261 e. The molecular formula is C15H16N2O3S2. The minimum atomic E-state index is -0.711. The van der Waals surface area contributed by atoms with E-state index < -0.39 is 22.3 Å². The maximum absolute atomic E-state index is 11.5. The molecule has 2 aromatic rings. The van der Waals surface area contributed by atoms with Gasteiger partial charge in [0.15, 0.2) is 0 Å². The maximum atomic E-state index is 11.5. The average molecular weight is 336 g/mol. The second-order valence-electron chi connectivity index (χ2n) is 4.57. The fourth-order valence-electron chi connectivity index (χ4n) is 1.92. The Morgan fingerprint density at radius 2 is 2.14 bits per heavy atom. The number of carbonyl (C=O) groups is 1. The number of allylic oxidation sites excluding steroid dienone is 1. The Bertz CT molecular complexity index is 812. The number of rotatable bonds is 2. The number of thioether (sulfide) groups is 1. The zero-order valence-corrected chi connectivity index (χ0v) is 13.6. The van der Waals surface area contributed by atoms with Crippen LogP contribution in [0.5, 0.6) is 0 Å². The number of benzene rings is 1. The van der Waals surface area contributed by atoms with Crippen molar-refractivity contribution in [1.29, 1.82) is 0 Å². The number of H-pyrrole nitrogens is 1. The van der Waals surface area contributed by atoms with Crippen LogP contribution in [0.25, 0.3) is 10.9 Å². The molecule has 1 unspecified atom stereocenters. The molecule has 1 amide bonds. The summed E-state index contributed by atoms with van der Waals surface area (Å²) in [5.41, 5.74) is 5.35. The summed E-state index contributed by atoms with van der Waals surface area (Å²) in [6.07, 6.45) is 4.92. The van der Waals surface area contributed by atoms with Gasteiger partial charge in [-0.05, 0) is 41.7 Å². The zero-order chi connectivity index (χ0) is 16.1. The van der Waals surface area contributed by atoms with Gasteiger partial charge < -0.3 is 10.7 Å². The van der Waals surface area contributed by atoms with Gasteiger partial charge in [0.2, 0.25) is 0 Å². The van der Waals surface area contributed by atoms with Crippen LogP contribution in [-0.2, 0) is 10.8 Å². The molecule has 1 aliphatic heterocycles. The van der Waals surface area contributed by atoms with Crippen molar-refractivity contribution in [2.24, 2.45) is 5.73 Å². The first-order valence-electron chi connectivity index (χ1n) is 6.56. The van der Waals surface area contributed by atoms with Crippen LogP contribution >= 0.6 is 11.8 Å². The Balaban J connectivity index is 0.000000246. The van der Waals surface area contributed by atoms with Crippen LogP contribution in [0.4, 0.5) is 0 Å². The molecule has 1 aliphatic rings. The SMILES string of the molecule is CSc1ccc2cc(C(N)=O)c(=O)[nH]c2c1.O=S1C=CCC1. The number of primary amides is 1. The predicted octanol–water partition coefficient (Wildman–Crippen LogP) is 2.00. The van der Waals surface area contributed by atoms with Crippen LogP contribution < -0.4 is 11.3 Å². The van der Waals surface area contributed by atoms with Gasteiger partial charge in [-0.15, -0.1) is 11.8 Å². The second kappa shape index (κ2) is 7.42. The largest absolute Gasteiger partial charge is 0.365 e. The topological polar surface area (TPSA) is 93.0 Å². The lowest BCUT2D eigenvalue weighted by Crippen LogP contribution is -2.23. The molecule has 0 spiro atoms. The van der Waals surface area contributed by atoms with E-state index in [4.69, 9.17) is 5.73 Å². The van der Waals surface area contributed by atoms with E-state index in [0.717, 1.165) is 22.5 Å². The van der Waals surface area contributed by atoms with Crippen LogP contribution in [0, 0.1) is 0 Å². The van der Waals surface area contributed by atoms with E-state index >= 15 is 0 Å². The third-order valence-electron chi connectivity index (χ3n) is 3.05. The highest BCUT2D eigenvalue weighted by atomic mass is 32.2. The molecule has 7 heteroatoms. The Labute approximate surface area is 134 Å². The summed E-state index contributed by atoms with van der Waals surface area (Å²) in [6.45, 7) is 0. The Morgan fingerprint density at radius 3 is 2.64 bits per heavy atom. The molecule has 0 bridgehead atoms. The minimum Gasteiger partial charge on any atom is -0.365 e. The van der Waals surface area contributed by atoms with Gasteiger partial charge in [-0.1, -0.05) is 12.1 Å². The molecule has 0 saturated carbocycles. The first kappa shape index (κ1) is 16.5. The number of amides is 1. The van der Waals surface area contributed by atoms with Crippen LogP contribution in [0.15, 0.2) is 45.4 Å². The quantitative estimate of drug-likeness (QED) is 0.820. The Morgan fingerprint density at radius 1 is 1.36 bits per heavy atom. The summed E-state index contributed by atoms with van der Waals surface area (Å²) in [5, 5.41) is 2.55. The lowest BCUT2D eigenvalue weighted by atomic mass is 10.1. The van der Waals surface area contributed by atoms with Crippen molar-refractivity contribution in [3.05, 3.63) is 51.7 Å². The summed E-state index contributed by atoms with van der Waals surface area (Å²) in [4.78, 5) is 26.2. The molecule has 0 radical (unpaired) electrons. The lowest BCUT2D eigenvalue weighted by molar-refractivity contribution is 0.0999. The Kier molecular flexibility index (Phi) is 5.57. The molecule has 3 N–H and O–H groups in total. The highest BCUT2D eigenvalue weighted by molar-refractivity contribution is 7.98. The molecule has 0 aliphatic carbocycles. The fraction of sp³-hybridized carbons (Fsp3) is 0.200. The normalized spacial score (nSPS) is 16.3. The summed E-state index contributed by atoms with van der Waals surface area (Å²) in [7, 11) is -0.603. The standard InChI is InChI=1S/C11H10N2O2S.C4H6OS/c1-16-7-3-2-6-4-8(10(12)14)11(15)13-9(6)5-7;5-6-3-1-2-4-6/h2-5H,1H3,(H2,12,14)(H,13,15);1,3H,2,4H2. The molecule has 5 nitrogen and oxygen atoms in total. The number of hydrogen-bond acceptors (Lipinski definition) is 4. The van der Waals surface area contributed by atoms with Crippen molar-refractivity contribution in [3.63, 3.8) is 0 Å². The third-order valence-corrected chi connectivity index (χ3v) is 4.91. The van der Waals surface area contributed by atoms with Crippen molar-refractivity contribution in [2.45, 2.75) is 11.3 Å². The number of nitrogens with one attached hydrogen (secondary N) is 1. The molecule has 22 heavy (non-hydrogen) atoms. The molecule has 2 heterocycles. The monoisotopic (exact) mass is 336 g/mol. The van der Waals surface area contributed by atoms with Gasteiger partial charge in [-0.2, -0.15) is 0 Å². The third kappa shape index (κ3) is 4.08. The number of carbonyl (C=O) groups excluding carboxylic acids is 1. The number of nitrogens with two attached hydrogens (primary N) is 1. The van der Waals surface area contributed by atoms with Crippen LogP contribution in [0.1, 0.15) is 16.8 Å². The Hall–Kier alpha value is -1.86. The van der Waals surface area contributed by atoms with Crippen LogP contribution in [0.3, 0.4) is 0 Å². The summed E-state index contributed by atoms with van der Waals surface area (Å²) in [5.74, 6) is 0.136. The van der Waals surface area contributed by atoms with Crippen molar-refractivity contribution in [3.8, 4) is 0 Å². The molecule has 3 rings (SSSR count). The number of aromatic nitrogens is 1. The van der Waals surface area contributed by atoms with E-state index in [2.05, 4.69) is 4.98 Å². The van der Waals surface area contributed by atoms with Crippen LogP contribution in [0.2, 0.25) is 0 Å². The lowest BCUT2D eigenvalue weighted by Gasteiger charge is -2.02. The van der Waals surface area contributed by atoms with E-state index in [1.165, 1.54) is 6.07 Å². The van der Waals surface area contributed by atoms with Gasteiger partial charge >= 0.3 is 0 Å². The molecule has 1 atom stereocenters. The van der Waals surface area contributed by atoms with E-state index in [1.54, 1.807) is 17.2 Å². The first-order valence-corrected chi connectivity index (χ1v) is 9.16. The summed E-state index contributed by atoms with van der Waals surface area (Å²) >= 11 is 1.59. The summed E-state index contributed by atoms with van der Waals surface area (Å²) in [6, 6.07) is 7.16. The predicted molar refractivity (Wildman–Crippen MR) is 91.6 cm³/mol. The second-order valence-corrected chi connectivity index (χ2v) is 6.90. The van der Waals surface area contributed by atoms with Gasteiger partial charge in [0.1, 0.15) is 5.56 Å². The van der Waals surface area contributed by atoms with E-state index in [-0.39, 0.29) is 5.56 Å². The molecule has 1 aromatic carbocycles. The molecule has 1 aromatic heterocycles. The average Bonchev–Trinajstić information content (AvgIpc) is 2.97. The highest BCUT2D eigenvalue weighted by Gasteiger charge is 2.08. The van der Waals surface area contributed by atoms with Gasteiger partial charge in [0.05, 0.1) is 0 Å². The van der Waals surface area contributed by atoms with Crippen molar-refractivity contribution in [1.82, 2.24) is 4.98 Å². The van der Waals surface area contributed by atoms with Crippen molar-refractivity contribution in [2.75, 3.05) is 12.0 Å². The molecular weight excluding hydrogens is 320 g/mol. The number of pyridine rings is 1. The van der Waals surface area contributed by atoms with E-state index in [0.29, 0.717) is 5.52 Å². The number of hydrogen-bond donors (Lipinski definition) is 2. The van der Waals surface area contributed by atoms with Gasteiger partial charge in [0.25, 0.3) is 11.5 Å².